The molecule has 4 heterocycles. The van der Waals surface area contributed by atoms with Crippen molar-refractivity contribution in [1.29, 1.82) is 0 Å². The van der Waals surface area contributed by atoms with E-state index in [0.717, 1.165) is 39.1 Å². The number of likely N-dealkylation sites (tertiary alicyclic amines) is 1. The molecule has 25 heavy (non-hydrogen) atoms. The number of hydrogen-bond acceptors (Lipinski definition) is 6. The molecule has 2 aliphatic rings. The topological polar surface area (TPSA) is 67.6 Å². The van der Waals surface area contributed by atoms with E-state index in [9.17, 15) is 4.79 Å². The van der Waals surface area contributed by atoms with Gasteiger partial charge in [-0.05, 0) is 42.7 Å². The van der Waals surface area contributed by atoms with Crippen LogP contribution in [0.15, 0.2) is 28.2 Å². The van der Waals surface area contributed by atoms with E-state index in [1.54, 1.807) is 6.07 Å². The van der Waals surface area contributed by atoms with Gasteiger partial charge in [0.05, 0.1) is 11.8 Å². The first kappa shape index (κ1) is 16.8. The fourth-order valence-electron chi connectivity index (χ4n) is 3.91. The molecule has 1 spiro atoms. The number of ether oxygens (including phenoxy) is 1. The SMILES string of the molecule is Cc1ccsc1CN1CC2(C1)OCC[C@H]2CCNC(=O)c1ccno1. The van der Waals surface area contributed by atoms with Crippen LogP contribution in [0.2, 0.25) is 0 Å². The summed E-state index contributed by atoms with van der Waals surface area (Å²) in [6.45, 7) is 6.64. The van der Waals surface area contributed by atoms with Crippen molar-refractivity contribution < 1.29 is 14.1 Å². The predicted octanol–water partition coefficient (Wildman–Crippen LogP) is 2.46. The number of aromatic nitrogens is 1. The Morgan fingerprint density at radius 2 is 2.36 bits per heavy atom. The zero-order valence-electron chi connectivity index (χ0n) is 14.4. The molecule has 0 radical (unpaired) electrons. The highest BCUT2D eigenvalue weighted by Gasteiger charge is 2.52. The monoisotopic (exact) mass is 361 g/mol. The van der Waals surface area contributed by atoms with Gasteiger partial charge in [0.15, 0.2) is 0 Å². The minimum Gasteiger partial charge on any atom is -0.372 e. The highest BCUT2D eigenvalue weighted by atomic mass is 32.1. The summed E-state index contributed by atoms with van der Waals surface area (Å²) >= 11 is 1.83. The first-order valence-electron chi connectivity index (χ1n) is 8.74. The second-order valence-corrected chi connectivity index (χ2v) is 7.99. The third kappa shape index (κ3) is 3.36. The quantitative estimate of drug-likeness (QED) is 0.856. The van der Waals surface area contributed by atoms with Crippen molar-refractivity contribution >= 4 is 17.2 Å². The number of nitrogens with zero attached hydrogens (tertiary/aromatic N) is 2. The Bertz CT molecular complexity index is 722. The smallest absolute Gasteiger partial charge is 0.289 e. The van der Waals surface area contributed by atoms with E-state index in [0.29, 0.717) is 12.5 Å². The fraction of sp³-hybridized carbons (Fsp3) is 0.556. The lowest BCUT2D eigenvalue weighted by molar-refractivity contribution is -0.136. The maximum absolute atomic E-state index is 11.9. The van der Waals surface area contributed by atoms with Crippen LogP contribution < -0.4 is 5.32 Å². The zero-order chi connectivity index (χ0) is 17.3. The van der Waals surface area contributed by atoms with Gasteiger partial charge in [-0.15, -0.1) is 11.3 Å². The molecule has 1 atom stereocenters. The molecule has 1 N–H and O–H groups in total. The molecule has 134 valence electrons. The van der Waals surface area contributed by atoms with Crippen LogP contribution in [0.1, 0.15) is 33.8 Å². The second-order valence-electron chi connectivity index (χ2n) is 6.99. The fourth-order valence-corrected chi connectivity index (χ4v) is 4.86. The Morgan fingerprint density at radius 1 is 1.48 bits per heavy atom. The molecule has 0 saturated carbocycles. The average Bonchev–Trinajstić information content (AvgIpc) is 3.29. The van der Waals surface area contributed by atoms with Gasteiger partial charge in [0.25, 0.3) is 5.91 Å². The summed E-state index contributed by atoms with van der Waals surface area (Å²) in [5, 5.41) is 8.63. The molecule has 4 rings (SSSR count). The van der Waals surface area contributed by atoms with Gasteiger partial charge < -0.3 is 14.6 Å². The Labute approximate surface area is 151 Å². The number of nitrogens with one attached hydrogen (secondary N) is 1. The summed E-state index contributed by atoms with van der Waals surface area (Å²) in [7, 11) is 0. The van der Waals surface area contributed by atoms with Crippen LogP contribution in [0, 0.1) is 12.8 Å². The van der Waals surface area contributed by atoms with E-state index in [1.807, 2.05) is 11.3 Å². The summed E-state index contributed by atoms with van der Waals surface area (Å²) in [6, 6.07) is 3.76. The minimum absolute atomic E-state index is 0.0118. The van der Waals surface area contributed by atoms with Gasteiger partial charge in [0.2, 0.25) is 5.76 Å². The Hall–Kier alpha value is -1.70. The zero-order valence-corrected chi connectivity index (χ0v) is 15.2. The first-order chi connectivity index (χ1) is 12.2. The maximum Gasteiger partial charge on any atom is 0.289 e. The Morgan fingerprint density at radius 3 is 3.08 bits per heavy atom. The standard InChI is InChI=1S/C18H23N3O3S/c1-13-5-9-25-16(13)10-21-11-18(12-21)14(4-8-23-18)2-6-19-17(22)15-3-7-20-24-15/h3,5,7,9,14H,2,4,6,8,10-12H2,1H3,(H,19,22)/t14-/m1/s1. The van der Waals surface area contributed by atoms with Gasteiger partial charge >= 0.3 is 0 Å². The molecule has 7 heteroatoms. The van der Waals surface area contributed by atoms with Crippen LogP contribution in [0.5, 0.6) is 0 Å². The van der Waals surface area contributed by atoms with Crippen LogP contribution in [-0.2, 0) is 11.3 Å². The lowest BCUT2D eigenvalue weighted by Crippen LogP contribution is -2.64. The summed E-state index contributed by atoms with van der Waals surface area (Å²) in [5.41, 5.74) is 1.37. The van der Waals surface area contributed by atoms with Gasteiger partial charge in [-0.2, -0.15) is 0 Å². The molecule has 2 aliphatic heterocycles. The van der Waals surface area contributed by atoms with Gasteiger partial charge in [0.1, 0.15) is 0 Å². The highest BCUT2D eigenvalue weighted by molar-refractivity contribution is 7.10. The van der Waals surface area contributed by atoms with Crippen molar-refractivity contribution in [3.05, 3.63) is 39.9 Å². The number of amides is 1. The number of hydrogen-bond donors (Lipinski definition) is 1. The average molecular weight is 361 g/mol. The van der Waals surface area contributed by atoms with Gasteiger partial charge in [-0.1, -0.05) is 5.16 Å². The van der Waals surface area contributed by atoms with E-state index in [-0.39, 0.29) is 17.3 Å². The normalized spacial score (nSPS) is 22.2. The number of rotatable bonds is 6. The predicted molar refractivity (Wildman–Crippen MR) is 94.6 cm³/mol. The van der Waals surface area contributed by atoms with Crippen LogP contribution in [0.25, 0.3) is 0 Å². The van der Waals surface area contributed by atoms with E-state index in [2.05, 4.69) is 33.7 Å². The molecule has 0 unspecified atom stereocenters. The highest BCUT2D eigenvalue weighted by Crippen LogP contribution is 2.42. The molecular formula is C18H23N3O3S. The Balaban J connectivity index is 1.26. The van der Waals surface area contributed by atoms with E-state index >= 15 is 0 Å². The molecular weight excluding hydrogens is 338 g/mol. The van der Waals surface area contributed by atoms with Crippen molar-refractivity contribution in [3.8, 4) is 0 Å². The number of aryl methyl sites for hydroxylation is 1. The third-order valence-corrected chi connectivity index (χ3v) is 6.37. The Kier molecular flexibility index (Phi) is 4.62. The summed E-state index contributed by atoms with van der Waals surface area (Å²) in [6.07, 6.45) is 3.49. The molecule has 2 aromatic rings. The molecule has 2 fully saturated rings. The van der Waals surface area contributed by atoms with Gasteiger partial charge in [0, 0.05) is 43.7 Å². The van der Waals surface area contributed by atoms with E-state index in [1.165, 1.54) is 16.6 Å². The van der Waals surface area contributed by atoms with E-state index < -0.39 is 0 Å². The van der Waals surface area contributed by atoms with Crippen molar-refractivity contribution in [1.82, 2.24) is 15.4 Å². The molecule has 6 nitrogen and oxygen atoms in total. The molecule has 0 aromatic carbocycles. The summed E-state index contributed by atoms with van der Waals surface area (Å²) in [4.78, 5) is 15.8. The molecule has 1 amide bonds. The maximum atomic E-state index is 11.9. The molecule has 2 aromatic heterocycles. The van der Waals surface area contributed by atoms with Gasteiger partial charge in [-0.25, -0.2) is 0 Å². The number of carbonyl (C=O) groups is 1. The molecule has 0 aliphatic carbocycles. The van der Waals surface area contributed by atoms with E-state index in [4.69, 9.17) is 9.26 Å². The van der Waals surface area contributed by atoms with Crippen molar-refractivity contribution in [2.24, 2.45) is 5.92 Å². The van der Waals surface area contributed by atoms with Crippen molar-refractivity contribution in [2.75, 3.05) is 26.2 Å². The van der Waals surface area contributed by atoms with Crippen molar-refractivity contribution in [2.45, 2.75) is 31.9 Å². The number of thiophene rings is 1. The second kappa shape index (κ2) is 6.90. The lowest BCUT2D eigenvalue weighted by Gasteiger charge is -2.50. The van der Waals surface area contributed by atoms with Crippen molar-refractivity contribution in [3.63, 3.8) is 0 Å². The number of carbonyl (C=O) groups excluding carboxylic acids is 1. The largest absolute Gasteiger partial charge is 0.372 e. The first-order valence-corrected chi connectivity index (χ1v) is 9.62. The third-order valence-electron chi connectivity index (χ3n) is 5.36. The van der Waals surface area contributed by atoms with Gasteiger partial charge in [-0.3, -0.25) is 9.69 Å². The summed E-state index contributed by atoms with van der Waals surface area (Å²) in [5.74, 6) is 0.565. The molecule has 0 bridgehead atoms. The molecule has 2 saturated heterocycles. The van der Waals surface area contributed by atoms with Crippen LogP contribution in [0.3, 0.4) is 0 Å². The van der Waals surface area contributed by atoms with Crippen LogP contribution >= 0.6 is 11.3 Å². The van der Waals surface area contributed by atoms with Crippen LogP contribution in [0.4, 0.5) is 0 Å². The minimum atomic E-state index is -0.200. The lowest BCUT2D eigenvalue weighted by atomic mass is 9.79. The van der Waals surface area contributed by atoms with Crippen LogP contribution in [-0.4, -0.2) is 47.8 Å². The summed E-state index contributed by atoms with van der Waals surface area (Å²) < 4.78 is 11.0.